The van der Waals surface area contributed by atoms with Crippen molar-refractivity contribution < 1.29 is 14.3 Å². The number of aliphatic imine (C=N–C) groups is 1. The summed E-state index contributed by atoms with van der Waals surface area (Å²) in [4.78, 5) is 28.5. The lowest BCUT2D eigenvalue weighted by Gasteiger charge is -2.10. The summed E-state index contributed by atoms with van der Waals surface area (Å²) >= 11 is 1.31. The van der Waals surface area contributed by atoms with E-state index in [-0.39, 0.29) is 24.3 Å². The molecule has 1 aromatic carbocycles. The quantitative estimate of drug-likeness (QED) is 0.837. The third-order valence-electron chi connectivity index (χ3n) is 3.46. The lowest BCUT2D eigenvalue weighted by molar-refractivity contribution is -0.122. The highest BCUT2D eigenvalue weighted by Crippen LogP contribution is 2.26. The lowest BCUT2D eigenvalue weighted by atomic mass is 10.2. The van der Waals surface area contributed by atoms with Gasteiger partial charge in [0.05, 0.1) is 12.8 Å². The summed E-state index contributed by atoms with van der Waals surface area (Å²) in [7, 11) is 1.54. The number of amidine groups is 1. The summed E-state index contributed by atoms with van der Waals surface area (Å²) in [5.74, 6) is 0.183. The van der Waals surface area contributed by atoms with Gasteiger partial charge in [0.2, 0.25) is 11.8 Å². The van der Waals surface area contributed by atoms with Gasteiger partial charge in [0.15, 0.2) is 5.17 Å². The highest BCUT2D eigenvalue weighted by molar-refractivity contribution is 8.15. The number of ether oxygens (including phenoxy) is 1. The monoisotopic (exact) mass is 335 g/mol. The van der Waals surface area contributed by atoms with E-state index < -0.39 is 5.25 Å². The Hall–Kier alpha value is -2.02. The average molecular weight is 335 g/mol. The number of amides is 2. The fourth-order valence-corrected chi connectivity index (χ4v) is 3.08. The van der Waals surface area contributed by atoms with E-state index in [1.165, 1.54) is 11.8 Å². The fourth-order valence-electron chi connectivity index (χ4n) is 2.01. The number of benzene rings is 1. The van der Waals surface area contributed by atoms with Crippen molar-refractivity contribution in [3.8, 4) is 5.75 Å². The Balaban J connectivity index is 1.95. The minimum atomic E-state index is -0.451. The number of nitrogens with zero attached hydrogens (tertiary/aromatic N) is 1. The second kappa shape index (κ2) is 8.01. The predicted octanol–water partition coefficient (Wildman–Crippen LogP) is 2.41. The van der Waals surface area contributed by atoms with Gasteiger partial charge in [-0.3, -0.25) is 14.6 Å². The maximum Gasteiger partial charge on any atom is 0.240 e. The number of carbonyl (C=O) groups excluding carboxylic acids is 2. The zero-order chi connectivity index (χ0) is 16.8. The normalized spacial score (nSPS) is 20.2. The van der Waals surface area contributed by atoms with Crippen molar-refractivity contribution in [2.45, 2.75) is 38.0 Å². The average Bonchev–Trinajstić information content (AvgIpc) is 2.86. The van der Waals surface area contributed by atoms with Crippen LogP contribution >= 0.6 is 11.8 Å². The van der Waals surface area contributed by atoms with Gasteiger partial charge in [0.25, 0.3) is 0 Å². The number of nitrogens with one attached hydrogen (secondary N) is 2. The van der Waals surface area contributed by atoms with Gasteiger partial charge in [-0.25, -0.2) is 0 Å². The van der Waals surface area contributed by atoms with E-state index in [1.807, 2.05) is 26.0 Å². The number of rotatable bonds is 6. The lowest BCUT2D eigenvalue weighted by Crippen LogP contribution is -2.28. The van der Waals surface area contributed by atoms with Crippen LogP contribution < -0.4 is 15.4 Å². The van der Waals surface area contributed by atoms with Crippen molar-refractivity contribution >= 4 is 34.4 Å². The Morgan fingerprint density at radius 2 is 2.22 bits per heavy atom. The Morgan fingerprint density at radius 3 is 2.91 bits per heavy atom. The molecular weight excluding hydrogens is 314 g/mol. The van der Waals surface area contributed by atoms with Crippen LogP contribution in [0.4, 0.5) is 5.69 Å². The number of anilines is 1. The zero-order valence-corrected chi connectivity index (χ0v) is 14.3. The topological polar surface area (TPSA) is 79.8 Å². The molecule has 0 spiro atoms. The minimum absolute atomic E-state index is 0.0913. The number of carbonyl (C=O) groups is 2. The SMILES string of the molecule is CC[C@@H](C)N=C1NC(=O)[C@@H](CC(=O)Nc2ccccc2OC)S1. The van der Waals surface area contributed by atoms with Gasteiger partial charge in [0, 0.05) is 12.5 Å². The van der Waals surface area contributed by atoms with Crippen LogP contribution in [0.1, 0.15) is 26.7 Å². The Bertz CT molecular complexity index is 618. The van der Waals surface area contributed by atoms with E-state index >= 15 is 0 Å². The van der Waals surface area contributed by atoms with Gasteiger partial charge in [-0.15, -0.1) is 0 Å². The predicted molar refractivity (Wildman–Crippen MR) is 93.0 cm³/mol. The molecule has 0 radical (unpaired) electrons. The summed E-state index contributed by atoms with van der Waals surface area (Å²) in [6, 6.07) is 7.31. The zero-order valence-electron chi connectivity index (χ0n) is 13.5. The van der Waals surface area contributed by atoms with Crippen LogP contribution in [-0.2, 0) is 9.59 Å². The summed E-state index contributed by atoms with van der Waals surface area (Å²) in [5.41, 5.74) is 0.594. The van der Waals surface area contributed by atoms with E-state index in [0.29, 0.717) is 16.6 Å². The van der Waals surface area contributed by atoms with Crippen LogP contribution in [0.15, 0.2) is 29.3 Å². The van der Waals surface area contributed by atoms with Gasteiger partial charge < -0.3 is 15.4 Å². The first-order valence-corrected chi connectivity index (χ1v) is 8.39. The molecule has 2 N–H and O–H groups in total. The number of thioether (sulfide) groups is 1. The van der Waals surface area contributed by atoms with Crippen LogP contribution in [0.25, 0.3) is 0 Å². The molecule has 1 aliphatic heterocycles. The van der Waals surface area contributed by atoms with E-state index in [2.05, 4.69) is 15.6 Å². The molecule has 0 aliphatic carbocycles. The highest BCUT2D eigenvalue weighted by Gasteiger charge is 2.32. The van der Waals surface area contributed by atoms with Gasteiger partial charge in [-0.05, 0) is 25.5 Å². The summed E-state index contributed by atoms with van der Waals surface area (Å²) in [5, 5.41) is 5.65. The molecule has 1 saturated heterocycles. The summed E-state index contributed by atoms with van der Waals surface area (Å²) in [6.45, 7) is 4.02. The molecule has 1 heterocycles. The van der Waals surface area contributed by atoms with Gasteiger partial charge in [-0.1, -0.05) is 30.8 Å². The maximum absolute atomic E-state index is 12.2. The third kappa shape index (κ3) is 4.72. The van der Waals surface area contributed by atoms with Crippen molar-refractivity contribution in [3.63, 3.8) is 0 Å². The third-order valence-corrected chi connectivity index (χ3v) is 4.55. The smallest absolute Gasteiger partial charge is 0.240 e. The number of para-hydroxylation sites is 2. The molecule has 124 valence electrons. The van der Waals surface area contributed by atoms with Crippen molar-refractivity contribution in [3.05, 3.63) is 24.3 Å². The standard InChI is InChI=1S/C16H21N3O3S/c1-4-10(2)17-16-19-15(21)13(23-16)9-14(20)18-11-7-5-6-8-12(11)22-3/h5-8,10,13H,4,9H2,1-3H3,(H,18,20)(H,17,19,21)/t10-,13-/m1/s1. The van der Waals surface area contributed by atoms with Crippen LogP contribution in [0.3, 0.4) is 0 Å². The molecular formula is C16H21N3O3S. The van der Waals surface area contributed by atoms with E-state index in [1.54, 1.807) is 19.2 Å². The van der Waals surface area contributed by atoms with E-state index in [4.69, 9.17) is 4.74 Å². The largest absolute Gasteiger partial charge is 0.495 e. The number of hydrogen-bond acceptors (Lipinski definition) is 5. The first-order valence-electron chi connectivity index (χ1n) is 7.51. The second-order valence-electron chi connectivity index (χ2n) is 5.24. The van der Waals surface area contributed by atoms with Crippen LogP contribution in [0, 0.1) is 0 Å². The van der Waals surface area contributed by atoms with Crippen LogP contribution in [0.2, 0.25) is 0 Å². The number of hydrogen-bond donors (Lipinski definition) is 2. The van der Waals surface area contributed by atoms with Crippen molar-refractivity contribution in [1.29, 1.82) is 0 Å². The Labute approximate surface area is 140 Å². The summed E-state index contributed by atoms with van der Waals surface area (Å²) in [6.07, 6.45) is 0.993. The van der Waals surface area contributed by atoms with Crippen LogP contribution in [-0.4, -0.2) is 35.4 Å². The van der Waals surface area contributed by atoms with Crippen molar-refractivity contribution in [2.24, 2.45) is 4.99 Å². The first kappa shape index (κ1) is 17.3. The molecule has 2 amide bonds. The molecule has 23 heavy (non-hydrogen) atoms. The van der Waals surface area contributed by atoms with E-state index in [0.717, 1.165) is 6.42 Å². The molecule has 1 fully saturated rings. The molecule has 2 atom stereocenters. The van der Waals surface area contributed by atoms with Gasteiger partial charge >= 0.3 is 0 Å². The molecule has 0 saturated carbocycles. The molecule has 7 heteroatoms. The van der Waals surface area contributed by atoms with Gasteiger partial charge in [0.1, 0.15) is 11.0 Å². The molecule has 0 bridgehead atoms. The summed E-state index contributed by atoms with van der Waals surface area (Å²) < 4.78 is 5.19. The second-order valence-corrected chi connectivity index (χ2v) is 6.43. The van der Waals surface area contributed by atoms with E-state index in [9.17, 15) is 9.59 Å². The molecule has 0 aromatic heterocycles. The fraction of sp³-hybridized carbons (Fsp3) is 0.438. The van der Waals surface area contributed by atoms with Crippen molar-refractivity contribution in [1.82, 2.24) is 5.32 Å². The molecule has 6 nitrogen and oxygen atoms in total. The minimum Gasteiger partial charge on any atom is -0.495 e. The van der Waals surface area contributed by atoms with Gasteiger partial charge in [-0.2, -0.15) is 0 Å². The number of methoxy groups -OCH3 is 1. The van der Waals surface area contributed by atoms with Crippen molar-refractivity contribution in [2.75, 3.05) is 12.4 Å². The maximum atomic E-state index is 12.2. The highest BCUT2D eigenvalue weighted by atomic mass is 32.2. The van der Waals surface area contributed by atoms with Crippen LogP contribution in [0.5, 0.6) is 5.75 Å². The Kier molecular flexibility index (Phi) is 6.04. The molecule has 2 rings (SSSR count). The molecule has 1 aromatic rings. The Morgan fingerprint density at radius 1 is 1.48 bits per heavy atom. The first-order chi connectivity index (χ1) is 11.0. The molecule has 1 aliphatic rings. The molecule has 0 unspecified atom stereocenters.